The van der Waals surface area contributed by atoms with Crippen molar-refractivity contribution in [2.24, 2.45) is 0 Å². The van der Waals surface area contributed by atoms with Crippen LogP contribution >= 0.6 is 11.3 Å². The van der Waals surface area contributed by atoms with Gasteiger partial charge in [0, 0.05) is 49.8 Å². The first-order valence-corrected chi connectivity index (χ1v) is 7.71. The highest BCUT2D eigenvalue weighted by Crippen LogP contribution is 2.20. The Kier molecular flexibility index (Phi) is 4.25. The number of aromatic nitrogens is 1. The lowest BCUT2D eigenvalue weighted by atomic mass is 10.0. The number of nitrogens with zero attached hydrogens (tertiary/aromatic N) is 3. The Morgan fingerprint density at radius 2 is 2.00 bits per heavy atom. The fraction of sp³-hybridized carbons (Fsp3) is 0.769. The van der Waals surface area contributed by atoms with Gasteiger partial charge in [-0.2, -0.15) is 0 Å². The molecule has 4 nitrogen and oxygen atoms in total. The molecule has 3 rings (SSSR count). The molecule has 0 bridgehead atoms. The molecule has 3 heterocycles. The summed E-state index contributed by atoms with van der Waals surface area (Å²) in [5.41, 5.74) is 1.93. The minimum atomic E-state index is 0.784. The van der Waals surface area contributed by atoms with Crippen LogP contribution in [0.4, 0.5) is 0 Å². The van der Waals surface area contributed by atoms with Gasteiger partial charge in [-0.3, -0.25) is 14.8 Å². The summed E-state index contributed by atoms with van der Waals surface area (Å²) in [7, 11) is 0. The number of hydrogen-bond donors (Lipinski definition) is 0. The minimum absolute atomic E-state index is 0.784. The van der Waals surface area contributed by atoms with E-state index in [1.54, 1.807) is 11.3 Å². The zero-order valence-corrected chi connectivity index (χ0v) is 11.6. The number of thiazole rings is 1. The van der Waals surface area contributed by atoms with E-state index < -0.39 is 0 Å². The van der Waals surface area contributed by atoms with E-state index in [-0.39, 0.29) is 0 Å². The largest absolute Gasteiger partial charge is 0.379 e. The second-order valence-electron chi connectivity index (χ2n) is 5.12. The molecule has 2 fully saturated rings. The van der Waals surface area contributed by atoms with Crippen LogP contribution in [0.15, 0.2) is 11.7 Å². The highest BCUT2D eigenvalue weighted by atomic mass is 32.1. The van der Waals surface area contributed by atoms with Crippen molar-refractivity contribution in [3.8, 4) is 0 Å². The zero-order chi connectivity index (χ0) is 12.2. The number of piperidine rings is 1. The molecule has 0 saturated carbocycles. The van der Waals surface area contributed by atoms with Crippen LogP contribution in [0.1, 0.15) is 17.7 Å². The highest BCUT2D eigenvalue weighted by molar-refractivity contribution is 7.09. The maximum absolute atomic E-state index is 5.42. The molecule has 0 amide bonds. The Labute approximate surface area is 113 Å². The second kappa shape index (κ2) is 6.10. The van der Waals surface area contributed by atoms with Gasteiger partial charge in [0.25, 0.3) is 0 Å². The molecule has 0 atom stereocenters. The Morgan fingerprint density at radius 1 is 1.22 bits per heavy atom. The molecule has 2 aliphatic heterocycles. The third kappa shape index (κ3) is 3.09. The summed E-state index contributed by atoms with van der Waals surface area (Å²) in [6, 6.07) is 0.784. The quantitative estimate of drug-likeness (QED) is 0.828. The smallest absolute Gasteiger partial charge is 0.0794 e. The summed E-state index contributed by atoms with van der Waals surface area (Å²) in [4.78, 5) is 10.7. The van der Waals surface area contributed by atoms with Crippen LogP contribution in [0.2, 0.25) is 0 Å². The minimum Gasteiger partial charge on any atom is -0.379 e. The van der Waals surface area contributed by atoms with E-state index in [0.29, 0.717) is 0 Å². The van der Waals surface area contributed by atoms with Crippen molar-refractivity contribution in [1.82, 2.24) is 14.8 Å². The molecule has 0 aromatic carbocycles. The van der Waals surface area contributed by atoms with Crippen LogP contribution < -0.4 is 0 Å². The summed E-state index contributed by atoms with van der Waals surface area (Å²) < 4.78 is 5.42. The zero-order valence-electron chi connectivity index (χ0n) is 10.8. The third-order valence-corrected chi connectivity index (χ3v) is 4.75. The highest BCUT2D eigenvalue weighted by Gasteiger charge is 2.25. The van der Waals surface area contributed by atoms with Gasteiger partial charge >= 0.3 is 0 Å². The number of rotatable bonds is 3. The number of ether oxygens (including phenoxy) is 1. The predicted molar refractivity (Wildman–Crippen MR) is 72.8 cm³/mol. The number of hydrogen-bond acceptors (Lipinski definition) is 5. The lowest BCUT2D eigenvalue weighted by molar-refractivity contribution is 0.000304. The number of morpholine rings is 1. The Bertz CT molecular complexity index is 343. The van der Waals surface area contributed by atoms with Crippen LogP contribution in [-0.2, 0) is 11.3 Å². The molecule has 0 N–H and O–H groups in total. The first kappa shape index (κ1) is 12.5. The standard InChI is InChI=1S/C13H21N3OS/c1-3-15(10-13-9-14-11-18-13)4-2-12(1)16-5-7-17-8-6-16/h9,11-12H,1-8,10H2. The molecule has 0 radical (unpaired) electrons. The van der Waals surface area contributed by atoms with Gasteiger partial charge in [-0.25, -0.2) is 0 Å². The molecule has 5 heteroatoms. The van der Waals surface area contributed by atoms with Gasteiger partial charge < -0.3 is 4.74 Å². The molecule has 0 aliphatic carbocycles. The van der Waals surface area contributed by atoms with Crippen molar-refractivity contribution in [3.05, 3.63) is 16.6 Å². The van der Waals surface area contributed by atoms with Gasteiger partial charge in [-0.05, 0) is 12.8 Å². The third-order valence-electron chi connectivity index (χ3n) is 3.98. The van der Waals surface area contributed by atoms with Crippen LogP contribution in [0, 0.1) is 0 Å². The van der Waals surface area contributed by atoms with Crippen molar-refractivity contribution in [2.45, 2.75) is 25.4 Å². The molecule has 100 valence electrons. The van der Waals surface area contributed by atoms with Crippen LogP contribution in [0.3, 0.4) is 0 Å². The van der Waals surface area contributed by atoms with E-state index in [4.69, 9.17) is 4.74 Å². The molecule has 1 aromatic heterocycles. The Morgan fingerprint density at radius 3 is 2.67 bits per heavy atom. The maximum atomic E-state index is 5.42. The van der Waals surface area contributed by atoms with Crippen LogP contribution in [0.5, 0.6) is 0 Å². The molecule has 18 heavy (non-hydrogen) atoms. The van der Waals surface area contributed by atoms with Crippen molar-refractivity contribution in [2.75, 3.05) is 39.4 Å². The molecular formula is C13H21N3OS. The van der Waals surface area contributed by atoms with E-state index >= 15 is 0 Å². The van der Waals surface area contributed by atoms with E-state index in [0.717, 1.165) is 38.9 Å². The van der Waals surface area contributed by atoms with E-state index in [9.17, 15) is 0 Å². The Balaban J connectivity index is 1.45. The van der Waals surface area contributed by atoms with Crippen LogP contribution in [0.25, 0.3) is 0 Å². The molecule has 2 saturated heterocycles. The fourth-order valence-electron chi connectivity index (χ4n) is 2.93. The predicted octanol–water partition coefficient (Wildman–Crippen LogP) is 1.44. The first-order chi connectivity index (χ1) is 8.92. The maximum Gasteiger partial charge on any atom is 0.0794 e. The first-order valence-electron chi connectivity index (χ1n) is 6.83. The fourth-order valence-corrected chi connectivity index (χ4v) is 3.56. The summed E-state index contributed by atoms with van der Waals surface area (Å²) >= 11 is 1.77. The van der Waals surface area contributed by atoms with Crippen molar-refractivity contribution >= 4 is 11.3 Å². The topological polar surface area (TPSA) is 28.6 Å². The van der Waals surface area contributed by atoms with Gasteiger partial charge in [0.1, 0.15) is 0 Å². The normalized spacial score (nSPS) is 24.4. The van der Waals surface area contributed by atoms with Gasteiger partial charge in [0.15, 0.2) is 0 Å². The SMILES string of the molecule is c1ncc(CN2CCC(N3CCOCC3)CC2)s1. The number of likely N-dealkylation sites (tertiary alicyclic amines) is 1. The van der Waals surface area contributed by atoms with Gasteiger partial charge in [-0.1, -0.05) is 0 Å². The summed E-state index contributed by atoms with van der Waals surface area (Å²) in [5.74, 6) is 0. The van der Waals surface area contributed by atoms with Crippen molar-refractivity contribution in [3.63, 3.8) is 0 Å². The lowest BCUT2D eigenvalue weighted by Gasteiger charge is -2.39. The van der Waals surface area contributed by atoms with E-state index in [1.165, 1.54) is 30.8 Å². The molecule has 1 aromatic rings. The average molecular weight is 267 g/mol. The average Bonchev–Trinajstić information content (AvgIpc) is 2.94. The van der Waals surface area contributed by atoms with Crippen molar-refractivity contribution < 1.29 is 4.74 Å². The van der Waals surface area contributed by atoms with Gasteiger partial charge in [-0.15, -0.1) is 11.3 Å². The summed E-state index contributed by atoms with van der Waals surface area (Å²) in [5, 5.41) is 0. The molecular weight excluding hydrogens is 246 g/mol. The monoisotopic (exact) mass is 267 g/mol. The van der Waals surface area contributed by atoms with E-state index in [1.807, 2.05) is 11.7 Å². The molecule has 2 aliphatic rings. The van der Waals surface area contributed by atoms with Gasteiger partial charge in [0.05, 0.1) is 18.7 Å². The van der Waals surface area contributed by atoms with Crippen molar-refractivity contribution in [1.29, 1.82) is 0 Å². The lowest BCUT2D eigenvalue weighted by Crippen LogP contribution is -2.48. The second-order valence-corrected chi connectivity index (χ2v) is 6.09. The van der Waals surface area contributed by atoms with Gasteiger partial charge in [0.2, 0.25) is 0 Å². The summed E-state index contributed by atoms with van der Waals surface area (Å²) in [6.07, 6.45) is 4.61. The molecule has 0 unspecified atom stereocenters. The molecule has 0 spiro atoms. The van der Waals surface area contributed by atoms with Crippen LogP contribution in [-0.4, -0.2) is 60.2 Å². The summed E-state index contributed by atoms with van der Waals surface area (Å²) in [6.45, 7) is 7.61. The Hall–Kier alpha value is -0.490. The van der Waals surface area contributed by atoms with E-state index in [2.05, 4.69) is 14.8 Å².